The van der Waals surface area contributed by atoms with Crippen molar-refractivity contribution < 1.29 is 9.90 Å². The second-order valence-corrected chi connectivity index (χ2v) is 4.49. The highest BCUT2D eigenvalue weighted by atomic mass is 32.2. The number of aryl methyl sites for hydroxylation is 1. The molecule has 1 fully saturated rings. The van der Waals surface area contributed by atoms with Crippen LogP contribution >= 0.6 is 11.8 Å². The largest absolute Gasteiger partial charge is 0.481 e. The Morgan fingerprint density at radius 1 is 1.71 bits per heavy atom. The molecule has 0 radical (unpaired) electrons. The van der Waals surface area contributed by atoms with Crippen LogP contribution in [0.5, 0.6) is 0 Å². The molecule has 14 heavy (non-hydrogen) atoms. The molecule has 5 heteroatoms. The van der Waals surface area contributed by atoms with Gasteiger partial charge in [-0.3, -0.25) is 9.48 Å². The summed E-state index contributed by atoms with van der Waals surface area (Å²) in [5, 5.41) is 12.7. The number of aromatic nitrogens is 2. The molecule has 2 heterocycles. The van der Waals surface area contributed by atoms with Gasteiger partial charge >= 0.3 is 5.97 Å². The lowest BCUT2D eigenvalue weighted by Gasteiger charge is -2.24. The molecule has 1 aromatic rings. The summed E-state index contributed by atoms with van der Waals surface area (Å²) in [5.41, 5.74) is 1.02. The summed E-state index contributed by atoms with van der Waals surface area (Å²) < 4.78 is 1.95. The van der Waals surface area contributed by atoms with Gasteiger partial charge in [0.1, 0.15) is 0 Å². The van der Waals surface area contributed by atoms with Crippen molar-refractivity contribution >= 4 is 17.7 Å². The number of rotatable bonds is 4. The van der Waals surface area contributed by atoms with Crippen molar-refractivity contribution in [2.75, 3.05) is 11.5 Å². The van der Waals surface area contributed by atoms with E-state index in [1.165, 1.54) is 0 Å². The fourth-order valence-electron chi connectivity index (χ4n) is 1.33. The molecule has 1 saturated heterocycles. The fourth-order valence-corrected chi connectivity index (χ4v) is 2.09. The predicted molar refractivity (Wildman–Crippen MR) is 54.5 cm³/mol. The van der Waals surface area contributed by atoms with Crippen LogP contribution in [0.15, 0.2) is 12.4 Å². The number of carboxylic acids is 1. The molecule has 4 nitrogen and oxygen atoms in total. The molecular formula is C9H12N2O2S. The lowest BCUT2D eigenvalue weighted by molar-refractivity contribution is -0.136. The molecule has 0 saturated carbocycles. The number of thioether (sulfide) groups is 1. The number of aliphatic carboxylic acids is 1. The molecule has 0 aromatic carbocycles. The van der Waals surface area contributed by atoms with Gasteiger partial charge in [0.25, 0.3) is 0 Å². The highest BCUT2D eigenvalue weighted by Crippen LogP contribution is 2.28. The van der Waals surface area contributed by atoms with Crippen LogP contribution in [0.1, 0.15) is 18.0 Å². The highest BCUT2D eigenvalue weighted by molar-refractivity contribution is 8.00. The second-order valence-electron chi connectivity index (χ2n) is 3.41. The zero-order chi connectivity index (χ0) is 9.97. The van der Waals surface area contributed by atoms with Crippen molar-refractivity contribution in [2.45, 2.75) is 18.9 Å². The van der Waals surface area contributed by atoms with E-state index in [0.29, 0.717) is 12.5 Å². The van der Waals surface area contributed by atoms with Crippen LogP contribution in [0.3, 0.4) is 0 Å². The number of carbonyl (C=O) groups is 1. The van der Waals surface area contributed by atoms with Gasteiger partial charge in [0.2, 0.25) is 0 Å². The molecule has 0 amide bonds. The van der Waals surface area contributed by atoms with Gasteiger partial charge in [0, 0.05) is 24.1 Å². The first-order valence-corrected chi connectivity index (χ1v) is 5.74. The Labute approximate surface area is 86.3 Å². The monoisotopic (exact) mass is 212 g/mol. The van der Waals surface area contributed by atoms with Gasteiger partial charge in [0.05, 0.1) is 12.2 Å². The first-order valence-electron chi connectivity index (χ1n) is 4.58. The topological polar surface area (TPSA) is 55.1 Å². The van der Waals surface area contributed by atoms with E-state index >= 15 is 0 Å². The summed E-state index contributed by atoms with van der Waals surface area (Å²) in [6.45, 7) is 0. The van der Waals surface area contributed by atoms with E-state index in [2.05, 4.69) is 5.10 Å². The number of hydrogen-bond donors (Lipinski definition) is 1. The molecule has 1 aliphatic rings. The van der Waals surface area contributed by atoms with Crippen LogP contribution in [0.2, 0.25) is 0 Å². The molecule has 0 unspecified atom stereocenters. The zero-order valence-electron chi connectivity index (χ0n) is 7.72. The molecule has 0 bridgehead atoms. The molecule has 1 aliphatic heterocycles. The maximum absolute atomic E-state index is 10.4. The first kappa shape index (κ1) is 9.58. The maximum Gasteiger partial charge on any atom is 0.303 e. The van der Waals surface area contributed by atoms with Gasteiger partial charge in [-0.2, -0.15) is 16.9 Å². The minimum atomic E-state index is -0.753. The van der Waals surface area contributed by atoms with Crippen molar-refractivity contribution in [1.82, 2.24) is 9.78 Å². The van der Waals surface area contributed by atoms with Gasteiger partial charge < -0.3 is 5.11 Å². The van der Waals surface area contributed by atoms with Gasteiger partial charge in [-0.15, -0.1) is 0 Å². The number of carboxylic acid groups (broad SMARTS) is 1. The van der Waals surface area contributed by atoms with Gasteiger partial charge in [-0.25, -0.2) is 0 Å². The number of hydrogen-bond acceptors (Lipinski definition) is 3. The van der Waals surface area contributed by atoms with E-state index in [1.54, 1.807) is 6.20 Å². The molecular weight excluding hydrogens is 200 g/mol. The molecule has 1 aromatic heterocycles. The van der Waals surface area contributed by atoms with Gasteiger partial charge in [0.15, 0.2) is 0 Å². The standard InChI is InChI=1S/C9H12N2O2S/c12-9(13)2-1-7-3-10-11(4-7)8-5-14-6-8/h3-4,8H,1-2,5-6H2,(H,12,13). The molecule has 1 N–H and O–H groups in total. The summed E-state index contributed by atoms with van der Waals surface area (Å²) in [6, 6.07) is 0.526. The van der Waals surface area contributed by atoms with Crippen LogP contribution in [0, 0.1) is 0 Å². The SMILES string of the molecule is O=C(O)CCc1cnn(C2CSC2)c1. The van der Waals surface area contributed by atoms with Crippen LogP contribution in [0.25, 0.3) is 0 Å². The second kappa shape index (κ2) is 4.04. The summed E-state index contributed by atoms with van der Waals surface area (Å²) in [6.07, 6.45) is 4.50. The summed E-state index contributed by atoms with van der Waals surface area (Å²) >= 11 is 1.91. The van der Waals surface area contributed by atoms with Crippen molar-refractivity contribution in [3.05, 3.63) is 18.0 Å². The van der Waals surface area contributed by atoms with E-state index in [9.17, 15) is 4.79 Å². The van der Waals surface area contributed by atoms with Crippen LogP contribution in [0.4, 0.5) is 0 Å². The quantitative estimate of drug-likeness (QED) is 0.814. The maximum atomic E-state index is 10.4. The van der Waals surface area contributed by atoms with E-state index in [1.807, 2.05) is 22.6 Å². The van der Waals surface area contributed by atoms with Crippen molar-refractivity contribution in [1.29, 1.82) is 0 Å². The first-order chi connectivity index (χ1) is 6.75. The van der Waals surface area contributed by atoms with Crippen LogP contribution in [-0.2, 0) is 11.2 Å². The molecule has 0 spiro atoms. The van der Waals surface area contributed by atoms with E-state index in [0.717, 1.165) is 17.1 Å². The third kappa shape index (κ3) is 2.09. The minimum Gasteiger partial charge on any atom is -0.481 e. The third-order valence-electron chi connectivity index (χ3n) is 2.28. The summed E-state index contributed by atoms with van der Waals surface area (Å²) in [7, 11) is 0. The van der Waals surface area contributed by atoms with Crippen molar-refractivity contribution in [3.63, 3.8) is 0 Å². The van der Waals surface area contributed by atoms with E-state index < -0.39 is 5.97 Å². The van der Waals surface area contributed by atoms with E-state index in [4.69, 9.17) is 5.11 Å². The van der Waals surface area contributed by atoms with Crippen molar-refractivity contribution in [3.8, 4) is 0 Å². The van der Waals surface area contributed by atoms with E-state index in [-0.39, 0.29) is 6.42 Å². The third-order valence-corrected chi connectivity index (χ3v) is 3.52. The molecule has 0 atom stereocenters. The Morgan fingerprint density at radius 3 is 3.07 bits per heavy atom. The Kier molecular flexibility index (Phi) is 2.77. The Bertz CT molecular complexity index is 333. The smallest absolute Gasteiger partial charge is 0.303 e. The molecule has 0 aliphatic carbocycles. The lowest BCUT2D eigenvalue weighted by atomic mass is 10.2. The van der Waals surface area contributed by atoms with Crippen molar-refractivity contribution in [2.24, 2.45) is 0 Å². The average molecular weight is 212 g/mol. The van der Waals surface area contributed by atoms with Gasteiger partial charge in [-0.1, -0.05) is 0 Å². The Hall–Kier alpha value is -0.970. The summed E-state index contributed by atoms with van der Waals surface area (Å²) in [5.74, 6) is 1.50. The average Bonchev–Trinajstić information content (AvgIpc) is 2.46. The van der Waals surface area contributed by atoms with Gasteiger partial charge in [-0.05, 0) is 12.0 Å². The van der Waals surface area contributed by atoms with Crippen LogP contribution in [-0.4, -0.2) is 32.4 Å². The zero-order valence-corrected chi connectivity index (χ0v) is 8.54. The molecule has 2 rings (SSSR count). The normalized spacial score (nSPS) is 16.6. The Balaban J connectivity index is 1.92. The number of nitrogens with zero attached hydrogens (tertiary/aromatic N) is 2. The Morgan fingerprint density at radius 2 is 2.50 bits per heavy atom. The fraction of sp³-hybridized carbons (Fsp3) is 0.556. The summed E-state index contributed by atoms with van der Waals surface area (Å²) in [4.78, 5) is 10.4. The predicted octanol–water partition coefficient (Wildman–Crippen LogP) is 1.19. The molecule has 76 valence electrons. The minimum absolute atomic E-state index is 0.186. The van der Waals surface area contributed by atoms with Crippen LogP contribution < -0.4 is 0 Å². The lowest BCUT2D eigenvalue weighted by Crippen LogP contribution is -2.22. The highest BCUT2D eigenvalue weighted by Gasteiger charge is 2.20.